The third-order valence-corrected chi connectivity index (χ3v) is 4.95. The molecule has 3 fully saturated rings. The van der Waals surface area contributed by atoms with Crippen molar-refractivity contribution >= 4 is 11.7 Å². The number of nitrogens with zero attached hydrogens (tertiary/aromatic N) is 4. The Morgan fingerprint density at radius 2 is 2.04 bits per heavy atom. The molecular weight excluding hydrogens is 311 g/mol. The first-order valence-corrected chi connectivity index (χ1v) is 8.74. The van der Waals surface area contributed by atoms with Crippen LogP contribution in [0.2, 0.25) is 0 Å². The third-order valence-electron chi connectivity index (χ3n) is 4.95. The van der Waals surface area contributed by atoms with Crippen molar-refractivity contribution in [3.8, 4) is 0 Å². The Morgan fingerprint density at radius 3 is 2.75 bits per heavy atom. The van der Waals surface area contributed by atoms with Crippen molar-refractivity contribution in [2.24, 2.45) is 0 Å². The van der Waals surface area contributed by atoms with Crippen LogP contribution < -0.4 is 4.90 Å². The molecule has 1 aromatic heterocycles. The number of aromatic nitrogens is 2. The summed E-state index contributed by atoms with van der Waals surface area (Å²) in [5.74, 6) is 1.95. The Kier molecular flexibility index (Phi) is 4.12. The summed E-state index contributed by atoms with van der Waals surface area (Å²) >= 11 is 0. The first-order valence-electron chi connectivity index (χ1n) is 8.74. The fourth-order valence-corrected chi connectivity index (χ4v) is 3.51. The van der Waals surface area contributed by atoms with Crippen LogP contribution in [0.4, 0.5) is 10.2 Å². The van der Waals surface area contributed by atoms with E-state index in [9.17, 15) is 9.18 Å². The highest BCUT2D eigenvalue weighted by atomic mass is 19.1. The van der Waals surface area contributed by atoms with Gasteiger partial charge in [0, 0.05) is 37.2 Å². The van der Waals surface area contributed by atoms with Crippen LogP contribution in [0.25, 0.3) is 0 Å². The predicted octanol–water partition coefficient (Wildman–Crippen LogP) is 1.44. The van der Waals surface area contributed by atoms with Gasteiger partial charge in [0.05, 0.1) is 19.8 Å². The Morgan fingerprint density at radius 1 is 1.29 bits per heavy atom. The molecule has 1 amide bonds. The van der Waals surface area contributed by atoms with Crippen LogP contribution in [0.15, 0.2) is 6.07 Å². The van der Waals surface area contributed by atoms with Gasteiger partial charge < -0.3 is 14.5 Å². The van der Waals surface area contributed by atoms with E-state index < -0.39 is 12.2 Å². The average Bonchev–Trinajstić information content (AvgIpc) is 3.36. The predicted molar refractivity (Wildman–Crippen MR) is 86.8 cm³/mol. The van der Waals surface area contributed by atoms with Crippen molar-refractivity contribution in [1.29, 1.82) is 0 Å². The van der Waals surface area contributed by atoms with Crippen molar-refractivity contribution in [2.75, 3.05) is 37.7 Å². The van der Waals surface area contributed by atoms with Crippen LogP contribution in [0.5, 0.6) is 0 Å². The smallest absolute Gasteiger partial charge is 0.245 e. The molecule has 0 N–H and O–H groups in total. The van der Waals surface area contributed by atoms with E-state index in [0.29, 0.717) is 38.0 Å². The molecule has 1 aromatic rings. The van der Waals surface area contributed by atoms with Gasteiger partial charge in [-0.15, -0.1) is 0 Å². The van der Waals surface area contributed by atoms with E-state index in [1.54, 1.807) is 4.90 Å². The van der Waals surface area contributed by atoms with Gasteiger partial charge in [-0.1, -0.05) is 0 Å². The number of anilines is 1. The van der Waals surface area contributed by atoms with Crippen LogP contribution >= 0.6 is 0 Å². The van der Waals surface area contributed by atoms with Crippen LogP contribution in [0.1, 0.15) is 36.7 Å². The second kappa shape index (κ2) is 6.27. The summed E-state index contributed by atoms with van der Waals surface area (Å²) in [6.07, 6.45) is 1.47. The van der Waals surface area contributed by atoms with E-state index in [0.717, 1.165) is 24.4 Å². The lowest BCUT2D eigenvalue weighted by atomic mass is 10.1. The Bertz CT molecular complexity index is 631. The maximum absolute atomic E-state index is 14.1. The summed E-state index contributed by atoms with van der Waals surface area (Å²) in [6, 6.07) is 1.39. The topological polar surface area (TPSA) is 58.6 Å². The van der Waals surface area contributed by atoms with E-state index in [4.69, 9.17) is 4.74 Å². The van der Waals surface area contributed by atoms with Gasteiger partial charge in [-0.3, -0.25) is 4.79 Å². The molecule has 0 unspecified atom stereocenters. The molecular formula is C17H23FN4O2. The van der Waals surface area contributed by atoms with E-state index in [1.807, 2.05) is 17.9 Å². The monoisotopic (exact) mass is 334 g/mol. The minimum absolute atomic E-state index is 0.0114. The van der Waals surface area contributed by atoms with Crippen LogP contribution in [0, 0.1) is 6.92 Å². The van der Waals surface area contributed by atoms with Gasteiger partial charge in [0.25, 0.3) is 0 Å². The molecule has 0 radical (unpaired) electrons. The number of morpholine rings is 1. The maximum atomic E-state index is 14.1. The van der Waals surface area contributed by atoms with Gasteiger partial charge >= 0.3 is 0 Å². The highest BCUT2D eigenvalue weighted by Crippen LogP contribution is 2.39. The van der Waals surface area contributed by atoms with Gasteiger partial charge in [-0.05, 0) is 19.8 Å². The Hall–Kier alpha value is -1.76. The van der Waals surface area contributed by atoms with Gasteiger partial charge in [0.2, 0.25) is 5.91 Å². The molecule has 2 aliphatic heterocycles. The number of ether oxygens (including phenoxy) is 1. The van der Waals surface area contributed by atoms with Crippen molar-refractivity contribution in [2.45, 2.75) is 44.3 Å². The summed E-state index contributed by atoms with van der Waals surface area (Å²) in [4.78, 5) is 25.6. The molecule has 2 atom stereocenters. The van der Waals surface area contributed by atoms with Crippen LogP contribution in [-0.2, 0) is 9.53 Å². The average molecular weight is 334 g/mol. The Balaban J connectivity index is 1.59. The minimum atomic E-state index is -1.00. The molecule has 2 saturated heterocycles. The molecule has 4 rings (SSSR count). The lowest BCUT2D eigenvalue weighted by molar-refractivity contribution is -0.136. The van der Waals surface area contributed by atoms with E-state index in [2.05, 4.69) is 9.97 Å². The lowest BCUT2D eigenvalue weighted by Crippen LogP contribution is -2.50. The molecule has 3 aliphatic rings. The second-order valence-corrected chi connectivity index (χ2v) is 6.94. The van der Waals surface area contributed by atoms with Crippen molar-refractivity contribution in [1.82, 2.24) is 14.9 Å². The SMILES string of the molecule is Cc1cc(N2C[C@H](F)C[C@H]2C(=O)N2CCOCC2)nc(C2CC2)n1. The second-order valence-electron chi connectivity index (χ2n) is 6.94. The van der Waals surface area contributed by atoms with Gasteiger partial charge in [0.1, 0.15) is 23.9 Å². The largest absolute Gasteiger partial charge is 0.378 e. The summed E-state index contributed by atoms with van der Waals surface area (Å²) in [6.45, 7) is 4.42. The lowest BCUT2D eigenvalue weighted by Gasteiger charge is -2.32. The summed E-state index contributed by atoms with van der Waals surface area (Å²) < 4.78 is 19.4. The molecule has 0 bridgehead atoms. The van der Waals surface area contributed by atoms with E-state index in [-0.39, 0.29) is 18.9 Å². The zero-order valence-corrected chi connectivity index (χ0v) is 13.9. The zero-order valence-electron chi connectivity index (χ0n) is 13.9. The number of rotatable bonds is 3. The first-order chi connectivity index (χ1) is 11.6. The first kappa shape index (κ1) is 15.7. The van der Waals surface area contributed by atoms with E-state index in [1.165, 1.54) is 0 Å². The van der Waals surface area contributed by atoms with Crippen LogP contribution in [-0.4, -0.2) is 65.8 Å². The number of aryl methyl sites for hydroxylation is 1. The fourth-order valence-electron chi connectivity index (χ4n) is 3.51. The van der Waals surface area contributed by atoms with Crippen molar-refractivity contribution < 1.29 is 13.9 Å². The maximum Gasteiger partial charge on any atom is 0.245 e. The zero-order chi connectivity index (χ0) is 16.7. The number of halogens is 1. The van der Waals surface area contributed by atoms with Crippen molar-refractivity contribution in [3.05, 3.63) is 17.6 Å². The summed E-state index contributed by atoms with van der Waals surface area (Å²) in [7, 11) is 0. The molecule has 0 aromatic carbocycles. The highest BCUT2D eigenvalue weighted by molar-refractivity contribution is 5.86. The summed E-state index contributed by atoms with van der Waals surface area (Å²) in [5, 5.41) is 0. The third kappa shape index (κ3) is 3.09. The molecule has 3 heterocycles. The van der Waals surface area contributed by atoms with E-state index >= 15 is 0 Å². The quantitative estimate of drug-likeness (QED) is 0.837. The molecule has 6 nitrogen and oxygen atoms in total. The number of amides is 1. The number of hydrogen-bond acceptors (Lipinski definition) is 5. The Labute approximate surface area is 141 Å². The number of carbonyl (C=O) groups is 1. The van der Waals surface area contributed by atoms with Gasteiger partial charge in [-0.2, -0.15) is 0 Å². The minimum Gasteiger partial charge on any atom is -0.378 e. The van der Waals surface area contributed by atoms with Crippen LogP contribution in [0.3, 0.4) is 0 Å². The molecule has 7 heteroatoms. The highest BCUT2D eigenvalue weighted by Gasteiger charge is 2.40. The molecule has 1 saturated carbocycles. The molecule has 1 aliphatic carbocycles. The van der Waals surface area contributed by atoms with Gasteiger partial charge in [-0.25, -0.2) is 14.4 Å². The molecule has 130 valence electrons. The fraction of sp³-hybridized carbons (Fsp3) is 0.706. The van der Waals surface area contributed by atoms with Gasteiger partial charge in [0.15, 0.2) is 0 Å². The molecule has 24 heavy (non-hydrogen) atoms. The normalized spacial score (nSPS) is 27.6. The number of alkyl halides is 1. The number of hydrogen-bond donors (Lipinski definition) is 0. The van der Waals surface area contributed by atoms with Crippen molar-refractivity contribution in [3.63, 3.8) is 0 Å². The molecule has 0 spiro atoms. The summed E-state index contributed by atoms with van der Waals surface area (Å²) in [5.41, 5.74) is 0.877. The number of carbonyl (C=O) groups excluding carboxylic acids is 1. The standard InChI is InChI=1S/C17H23FN4O2/c1-11-8-15(20-16(19-11)12-2-3-12)22-10-13(18)9-14(22)17(23)21-4-6-24-7-5-21/h8,12-14H,2-7,9-10H2,1H3/t13-,14+/m1/s1.